The fourth-order valence-electron chi connectivity index (χ4n) is 2.20. The van der Waals surface area contributed by atoms with E-state index in [1.165, 1.54) is 18.2 Å². The summed E-state index contributed by atoms with van der Waals surface area (Å²) in [5.41, 5.74) is 6.72. The number of carbonyl (C=O) groups excluding carboxylic acids is 1. The molecule has 1 amide bonds. The fraction of sp³-hybridized carbons (Fsp3) is 0.462. The first-order chi connectivity index (χ1) is 9.94. The number of hydrogen-bond acceptors (Lipinski definition) is 5. The molecule has 2 rings (SSSR count). The Labute approximate surface area is 124 Å². The summed E-state index contributed by atoms with van der Waals surface area (Å²) in [5.74, 6) is -0.0967. The molecule has 21 heavy (non-hydrogen) atoms. The van der Waals surface area contributed by atoms with Crippen LogP contribution in [-0.4, -0.2) is 33.5 Å². The van der Waals surface area contributed by atoms with Gasteiger partial charge >= 0.3 is 0 Å². The maximum absolute atomic E-state index is 12.0. The Morgan fingerprint density at radius 3 is 2.86 bits per heavy atom. The molecule has 1 heterocycles. The minimum atomic E-state index is -3.55. The van der Waals surface area contributed by atoms with Crippen molar-refractivity contribution < 1.29 is 13.2 Å². The number of piperidine rings is 1. The van der Waals surface area contributed by atoms with E-state index in [1.807, 2.05) is 0 Å². The van der Waals surface area contributed by atoms with Gasteiger partial charge in [0.25, 0.3) is 0 Å². The summed E-state index contributed by atoms with van der Waals surface area (Å²) in [6.45, 7) is 2.68. The van der Waals surface area contributed by atoms with Gasteiger partial charge in [-0.1, -0.05) is 6.92 Å². The molecule has 5 N–H and O–H groups in total. The van der Waals surface area contributed by atoms with E-state index in [4.69, 9.17) is 5.73 Å². The van der Waals surface area contributed by atoms with Crippen LogP contribution in [0.15, 0.2) is 23.1 Å². The van der Waals surface area contributed by atoms with Crippen molar-refractivity contribution >= 4 is 27.3 Å². The molecule has 1 saturated heterocycles. The van der Waals surface area contributed by atoms with E-state index in [0.717, 1.165) is 6.42 Å². The van der Waals surface area contributed by atoms with E-state index in [-0.39, 0.29) is 10.8 Å². The van der Waals surface area contributed by atoms with Crippen LogP contribution in [0.1, 0.15) is 19.8 Å². The fourth-order valence-corrected chi connectivity index (χ4v) is 3.27. The number of sulfonamides is 1. The predicted octanol–water partition coefficient (Wildman–Crippen LogP) is 0.257. The van der Waals surface area contributed by atoms with Gasteiger partial charge in [0.15, 0.2) is 0 Å². The molecule has 1 aromatic carbocycles. The monoisotopic (exact) mass is 312 g/mol. The zero-order valence-corrected chi connectivity index (χ0v) is 12.7. The van der Waals surface area contributed by atoms with Gasteiger partial charge in [-0.15, -0.1) is 0 Å². The molecular formula is C13H20N4O3S. The summed E-state index contributed by atoms with van der Waals surface area (Å²) in [4.78, 5) is 11.9. The summed E-state index contributed by atoms with van der Waals surface area (Å²) < 4.78 is 26.4. The first kappa shape index (κ1) is 15.6. The molecule has 116 valence electrons. The van der Waals surface area contributed by atoms with E-state index in [1.54, 1.807) is 6.92 Å². The molecule has 0 aliphatic carbocycles. The van der Waals surface area contributed by atoms with E-state index >= 15 is 0 Å². The average Bonchev–Trinajstić information content (AvgIpc) is 2.43. The third-order valence-corrected chi connectivity index (χ3v) is 4.83. The molecule has 0 aromatic heterocycles. The Bertz CT molecular complexity index is 630. The Kier molecular flexibility index (Phi) is 4.69. The van der Waals surface area contributed by atoms with Crippen LogP contribution < -0.4 is 21.1 Å². The molecule has 1 aliphatic rings. The maximum atomic E-state index is 12.0. The van der Waals surface area contributed by atoms with E-state index < -0.39 is 16.1 Å². The van der Waals surface area contributed by atoms with Crippen LogP contribution in [-0.2, 0) is 14.8 Å². The van der Waals surface area contributed by atoms with Crippen molar-refractivity contribution in [2.24, 2.45) is 0 Å². The third kappa shape index (κ3) is 3.64. The number of nitrogens with one attached hydrogen (secondary N) is 3. The topological polar surface area (TPSA) is 113 Å². The summed E-state index contributed by atoms with van der Waals surface area (Å²) in [7, 11) is -3.55. The van der Waals surface area contributed by atoms with Gasteiger partial charge in [-0.3, -0.25) is 4.79 Å². The second-order valence-electron chi connectivity index (χ2n) is 4.88. The van der Waals surface area contributed by atoms with Crippen molar-refractivity contribution in [3.63, 3.8) is 0 Å². The van der Waals surface area contributed by atoms with E-state index in [9.17, 15) is 13.2 Å². The smallest absolute Gasteiger partial charge is 0.242 e. The van der Waals surface area contributed by atoms with E-state index in [0.29, 0.717) is 30.9 Å². The lowest BCUT2D eigenvalue weighted by molar-refractivity contribution is -0.123. The number of carbonyl (C=O) groups is 1. The quantitative estimate of drug-likeness (QED) is 0.582. The van der Waals surface area contributed by atoms with Crippen molar-refractivity contribution in [3.8, 4) is 0 Å². The van der Waals surface area contributed by atoms with Gasteiger partial charge in [-0.25, -0.2) is 13.1 Å². The van der Waals surface area contributed by atoms with Gasteiger partial charge in [0.1, 0.15) is 6.04 Å². The van der Waals surface area contributed by atoms with Gasteiger partial charge in [-0.05, 0) is 31.0 Å². The molecule has 8 heteroatoms. The lowest BCUT2D eigenvalue weighted by Gasteiger charge is -2.24. The molecule has 0 saturated carbocycles. The molecule has 1 aromatic rings. The standard InChI is InChI=1S/C13H20N4O3S/c1-2-16-21(19,20)9-5-6-10(14)12(8-9)17-11-4-3-7-15-13(11)18/h5-6,8,11,16-17H,2-4,7,14H2,1H3,(H,15,18). The van der Waals surface area contributed by atoms with Crippen LogP contribution in [0, 0.1) is 0 Å². The highest BCUT2D eigenvalue weighted by Crippen LogP contribution is 2.24. The minimum Gasteiger partial charge on any atom is -0.397 e. The molecule has 0 bridgehead atoms. The highest BCUT2D eigenvalue weighted by Gasteiger charge is 2.23. The van der Waals surface area contributed by atoms with Crippen LogP contribution in [0.4, 0.5) is 11.4 Å². The van der Waals surface area contributed by atoms with Gasteiger partial charge in [0.2, 0.25) is 15.9 Å². The summed E-state index contributed by atoms with van der Waals surface area (Å²) in [6.07, 6.45) is 1.56. The Hall–Kier alpha value is -1.80. The number of benzene rings is 1. The number of hydrogen-bond donors (Lipinski definition) is 4. The van der Waals surface area contributed by atoms with Gasteiger partial charge in [0, 0.05) is 13.1 Å². The first-order valence-corrected chi connectivity index (χ1v) is 8.36. The lowest BCUT2D eigenvalue weighted by Crippen LogP contribution is -2.44. The Morgan fingerprint density at radius 2 is 2.19 bits per heavy atom. The van der Waals surface area contributed by atoms with Crippen molar-refractivity contribution in [1.29, 1.82) is 0 Å². The highest BCUT2D eigenvalue weighted by molar-refractivity contribution is 7.89. The van der Waals surface area contributed by atoms with Crippen molar-refractivity contribution in [1.82, 2.24) is 10.0 Å². The SMILES string of the molecule is CCNS(=O)(=O)c1ccc(N)c(NC2CCCNC2=O)c1. The molecule has 0 radical (unpaired) electrons. The van der Waals surface area contributed by atoms with Crippen LogP contribution >= 0.6 is 0 Å². The zero-order valence-electron chi connectivity index (χ0n) is 11.8. The van der Waals surface area contributed by atoms with Crippen molar-refractivity contribution in [2.75, 3.05) is 24.1 Å². The minimum absolute atomic E-state index is 0.0967. The Morgan fingerprint density at radius 1 is 1.43 bits per heavy atom. The second-order valence-corrected chi connectivity index (χ2v) is 6.65. The molecular weight excluding hydrogens is 292 g/mol. The van der Waals surface area contributed by atoms with Crippen molar-refractivity contribution in [3.05, 3.63) is 18.2 Å². The molecule has 1 unspecified atom stereocenters. The number of nitrogens with two attached hydrogens (primary N) is 1. The second kappa shape index (κ2) is 6.31. The van der Waals surface area contributed by atoms with Crippen LogP contribution in [0.5, 0.6) is 0 Å². The lowest BCUT2D eigenvalue weighted by atomic mass is 10.1. The number of rotatable bonds is 5. The number of nitrogen functional groups attached to an aromatic ring is 1. The van der Waals surface area contributed by atoms with Gasteiger partial charge in [-0.2, -0.15) is 0 Å². The van der Waals surface area contributed by atoms with Gasteiger partial charge in [0.05, 0.1) is 16.3 Å². The average molecular weight is 312 g/mol. The molecule has 7 nitrogen and oxygen atoms in total. The summed E-state index contributed by atoms with van der Waals surface area (Å²) in [6, 6.07) is 4.03. The Balaban J connectivity index is 2.25. The van der Waals surface area contributed by atoms with Crippen molar-refractivity contribution in [2.45, 2.75) is 30.7 Å². The number of amides is 1. The molecule has 1 fully saturated rings. The molecule has 0 spiro atoms. The predicted molar refractivity (Wildman–Crippen MR) is 81.4 cm³/mol. The van der Waals surface area contributed by atoms with E-state index in [2.05, 4.69) is 15.4 Å². The first-order valence-electron chi connectivity index (χ1n) is 6.87. The van der Waals surface area contributed by atoms with Gasteiger partial charge < -0.3 is 16.4 Å². The summed E-state index contributed by atoms with van der Waals surface area (Å²) >= 11 is 0. The zero-order chi connectivity index (χ0) is 15.5. The summed E-state index contributed by atoms with van der Waals surface area (Å²) in [5, 5.41) is 5.79. The van der Waals surface area contributed by atoms with Crippen LogP contribution in [0.2, 0.25) is 0 Å². The number of anilines is 2. The largest absolute Gasteiger partial charge is 0.397 e. The highest BCUT2D eigenvalue weighted by atomic mass is 32.2. The van der Waals surface area contributed by atoms with Crippen LogP contribution in [0.25, 0.3) is 0 Å². The normalized spacial score (nSPS) is 19.1. The molecule has 1 aliphatic heterocycles. The molecule has 1 atom stereocenters. The maximum Gasteiger partial charge on any atom is 0.242 e. The van der Waals surface area contributed by atoms with Crippen LogP contribution in [0.3, 0.4) is 0 Å². The third-order valence-electron chi connectivity index (χ3n) is 3.28.